The average Bonchev–Trinajstić information content (AvgIpc) is 2.82. The van der Waals surface area contributed by atoms with E-state index in [4.69, 9.17) is 5.26 Å². The summed E-state index contributed by atoms with van der Waals surface area (Å²) in [5.41, 5.74) is 0.978. The van der Waals surface area contributed by atoms with E-state index in [1.165, 1.54) is 0 Å². The number of piperidine rings is 1. The van der Waals surface area contributed by atoms with Crippen LogP contribution in [0.4, 0.5) is 4.79 Å². The summed E-state index contributed by atoms with van der Waals surface area (Å²) in [5, 5.41) is 14.6. The van der Waals surface area contributed by atoms with Crippen LogP contribution in [0.3, 0.4) is 0 Å². The predicted octanol–water partition coefficient (Wildman–Crippen LogP) is 1.90. The molecule has 1 aliphatic heterocycles. The zero-order valence-corrected chi connectivity index (χ0v) is 11.2. The highest BCUT2D eigenvalue weighted by molar-refractivity contribution is 7.09. The Morgan fingerprint density at radius 2 is 2.61 bits per heavy atom. The van der Waals surface area contributed by atoms with Crippen molar-refractivity contribution in [1.29, 1.82) is 5.26 Å². The van der Waals surface area contributed by atoms with Gasteiger partial charge in [-0.2, -0.15) is 5.26 Å². The molecule has 0 aromatic carbocycles. The van der Waals surface area contributed by atoms with Crippen LogP contribution in [0.1, 0.15) is 23.5 Å². The van der Waals surface area contributed by atoms with Gasteiger partial charge in [0.25, 0.3) is 0 Å². The van der Waals surface area contributed by atoms with E-state index in [1.54, 1.807) is 16.2 Å². The Labute approximate surface area is 110 Å². The molecule has 0 bridgehead atoms. The maximum atomic E-state index is 11.9. The fourth-order valence-electron chi connectivity index (χ4n) is 2.01. The Hall–Kier alpha value is -1.61. The zero-order chi connectivity index (χ0) is 13.0. The first kappa shape index (κ1) is 12.8. The highest BCUT2D eigenvalue weighted by Crippen LogP contribution is 2.15. The summed E-state index contributed by atoms with van der Waals surface area (Å²) in [5.74, 6) is -0.0217. The number of carbonyl (C=O) groups excluding carboxylic acids is 1. The minimum atomic E-state index is -0.0946. The summed E-state index contributed by atoms with van der Waals surface area (Å²) < 4.78 is 0. The molecule has 1 atom stereocenters. The van der Waals surface area contributed by atoms with Crippen LogP contribution in [0.25, 0.3) is 0 Å². The van der Waals surface area contributed by atoms with Gasteiger partial charge in [-0.25, -0.2) is 9.78 Å². The SMILES string of the molecule is Cc1csc(CNC(=O)N2CCCC(C#N)C2)n1. The zero-order valence-electron chi connectivity index (χ0n) is 10.3. The quantitative estimate of drug-likeness (QED) is 0.887. The van der Waals surface area contributed by atoms with Crippen LogP contribution in [0.15, 0.2) is 5.38 Å². The molecule has 0 saturated carbocycles. The fourth-order valence-corrected chi connectivity index (χ4v) is 2.73. The van der Waals surface area contributed by atoms with Crippen molar-refractivity contribution < 1.29 is 4.79 Å². The lowest BCUT2D eigenvalue weighted by Crippen LogP contribution is -2.45. The van der Waals surface area contributed by atoms with E-state index in [1.807, 2.05) is 12.3 Å². The Balaban J connectivity index is 1.82. The first-order valence-electron chi connectivity index (χ1n) is 6.02. The van der Waals surface area contributed by atoms with Gasteiger partial charge in [-0.3, -0.25) is 0 Å². The van der Waals surface area contributed by atoms with Crippen molar-refractivity contribution in [2.24, 2.45) is 5.92 Å². The molecule has 5 nitrogen and oxygen atoms in total. The lowest BCUT2D eigenvalue weighted by atomic mass is 10.0. The topological polar surface area (TPSA) is 69.0 Å². The number of nitrogens with zero attached hydrogens (tertiary/aromatic N) is 3. The van der Waals surface area contributed by atoms with Crippen molar-refractivity contribution in [1.82, 2.24) is 15.2 Å². The van der Waals surface area contributed by atoms with Gasteiger partial charge in [-0.15, -0.1) is 11.3 Å². The number of nitriles is 1. The fraction of sp³-hybridized carbons (Fsp3) is 0.583. The first-order chi connectivity index (χ1) is 8.69. The number of urea groups is 1. The molecule has 0 aliphatic carbocycles. The van der Waals surface area contributed by atoms with Gasteiger partial charge in [0.15, 0.2) is 0 Å². The molecule has 1 unspecified atom stereocenters. The van der Waals surface area contributed by atoms with E-state index in [2.05, 4.69) is 16.4 Å². The van der Waals surface area contributed by atoms with E-state index in [0.717, 1.165) is 30.1 Å². The summed E-state index contributed by atoms with van der Waals surface area (Å²) >= 11 is 1.55. The number of thiazole rings is 1. The normalized spacial score (nSPS) is 19.3. The van der Waals surface area contributed by atoms with Crippen LogP contribution in [0.5, 0.6) is 0 Å². The molecular weight excluding hydrogens is 248 g/mol. The van der Waals surface area contributed by atoms with E-state index < -0.39 is 0 Å². The molecule has 2 heterocycles. The van der Waals surface area contributed by atoms with Gasteiger partial charge < -0.3 is 10.2 Å². The number of hydrogen-bond acceptors (Lipinski definition) is 4. The molecule has 18 heavy (non-hydrogen) atoms. The number of aromatic nitrogens is 1. The lowest BCUT2D eigenvalue weighted by Gasteiger charge is -2.29. The van der Waals surface area contributed by atoms with E-state index >= 15 is 0 Å². The molecule has 1 saturated heterocycles. The maximum Gasteiger partial charge on any atom is 0.317 e. The highest BCUT2D eigenvalue weighted by Gasteiger charge is 2.23. The van der Waals surface area contributed by atoms with Crippen molar-refractivity contribution in [3.05, 3.63) is 16.1 Å². The largest absolute Gasteiger partial charge is 0.331 e. The van der Waals surface area contributed by atoms with Gasteiger partial charge in [0.2, 0.25) is 0 Å². The van der Waals surface area contributed by atoms with Crippen LogP contribution in [0.2, 0.25) is 0 Å². The molecule has 0 spiro atoms. The number of carbonyl (C=O) groups is 1. The summed E-state index contributed by atoms with van der Waals surface area (Å²) in [6, 6.07) is 2.14. The Morgan fingerprint density at radius 3 is 3.28 bits per heavy atom. The third-order valence-corrected chi connectivity index (χ3v) is 3.92. The molecule has 1 aromatic heterocycles. The second-order valence-corrected chi connectivity index (χ2v) is 5.40. The number of amides is 2. The standard InChI is InChI=1S/C12H16N4OS/c1-9-8-18-11(15-9)6-14-12(17)16-4-2-3-10(5-13)7-16/h8,10H,2-4,6-7H2,1H3,(H,14,17). The van der Waals surface area contributed by atoms with Crippen molar-refractivity contribution in [2.75, 3.05) is 13.1 Å². The molecule has 1 fully saturated rings. The molecule has 1 N–H and O–H groups in total. The van der Waals surface area contributed by atoms with Crippen LogP contribution in [-0.4, -0.2) is 29.0 Å². The summed E-state index contributed by atoms with van der Waals surface area (Å²) in [6.45, 7) is 3.68. The third kappa shape index (κ3) is 3.20. The van der Waals surface area contributed by atoms with Gasteiger partial charge in [-0.05, 0) is 19.8 Å². The third-order valence-electron chi connectivity index (χ3n) is 2.95. The molecular formula is C12H16N4OS. The Kier molecular flexibility index (Phi) is 4.15. The van der Waals surface area contributed by atoms with Crippen molar-refractivity contribution in [3.63, 3.8) is 0 Å². The highest BCUT2D eigenvalue weighted by atomic mass is 32.1. The number of likely N-dealkylation sites (tertiary alicyclic amines) is 1. The monoisotopic (exact) mass is 264 g/mol. The first-order valence-corrected chi connectivity index (χ1v) is 6.90. The number of nitrogens with one attached hydrogen (secondary N) is 1. The van der Waals surface area contributed by atoms with Gasteiger partial charge in [-0.1, -0.05) is 0 Å². The molecule has 2 amide bonds. The summed E-state index contributed by atoms with van der Waals surface area (Å²) in [4.78, 5) is 17.9. The molecule has 2 rings (SSSR count). The summed E-state index contributed by atoms with van der Waals surface area (Å²) in [6.07, 6.45) is 1.80. The van der Waals surface area contributed by atoms with Crippen molar-refractivity contribution >= 4 is 17.4 Å². The van der Waals surface area contributed by atoms with Gasteiger partial charge in [0.1, 0.15) is 5.01 Å². The van der Waals surface area contributed by atoms with Crippen molar-refractivity contribution in [3.8, 4) is 6.07 Å². The van der Waals surface area contributed by atoms with Crippen LogP contribution < -0.4 is 5.32 Å². The van der Waals surface area contributed by atoms with Gasteiger partial charge >= 0.3 is 6.03 Å². The maximum absolute atomic E-state index is 11.9. The Bertz CT molecular complexity index is 465. The number of rotatable bonds is 2. The van der Waals surface area contributed by atoms with E-state index in [9.17, 15) is 4.79 Å². The van der Waals surface area contributed by atoms with Crippen molar-refractivity contribution in [2.45, 2.75) is 26.3 Å². The molecule has 6 heteroatoms. The van der Waals surface area contributed by atoms with Gasteiger partial charge in [0.05, 0.1) is 18.5 Å². The summed E-state index contributed by atoms with van der Waals surface area (Å²) in [7, 11) is 0. The average molecular weight is 264 g/mol. The van der Waals surface area contributed by atoms with Crippen LogP contribution in [0, 0.1) is 24.2 Å². The van der Waals surface area contributed by atoms with E-state index in [0.29, 0.717) is 13.1 Å². The Morgan fingerprint density at radius 1 is 1.78 bits per heavy atom. The predicted molar refractivity (Wildman–Crippen MR) is 69.0 cm³/mol. The molecule has 1 aliphatic rings. The lowest BCUT2D eigenvalue weighted by molar-refractivity contribution is 0.176. The van der Waals surface area contributed by atoms with Crippen LogP contribution in [-0.2, 0) is 6.54 Å². The number of aryl methyl sites for hydroxylation is 1. The smallest absolute Gasteiger partial charge is 0.317 e. The molecule has 0 radical (unpaired) electrons. The van der Waals surface area contributed by atoms with Crippen LogP contribution >= 0.6 is 11.3 Å². The minimum absolute atomic E-state index is 0.0217. The second-order valence-electron chi connectivity index (χ2n) is 4.46. The molecule has 96 valence electrons. The molecule has 1 aromatic rings. The van der Waals surface area contributed by atoms with Gasteiger partial charge in [0, 0.05) is 24.2 Å². The van der Waals surface area contributed by atoms with E-state index in [-0.39, 0.29) is 11.9 Å². The second kappa shape index (κ2) is 5.83. The number of hydrogen-bond donors (Lipinski definition) is 1. The minimum Gasteiger partial charge on any atom is -0.331 e.